The molecule has 152 valence electrons. The summed E-state index contributed by atoms with van der Waals surface area (Å²) in [5.41, 5.74) is 1.09. The van der Waals surface area contributed by atoms with Gasteiger partial charge in [-0.25, -0.2) is 0 Å². The average molecular weight is 378 g/mol. The quantitative estimate of drug-likeness (QED) is 0.665. The van der Waals surface area contributed by atoms with Gasteiger partial charge in [0.05, 0.1) is 6.54 Å². The molecular formula is C21H35N3O3. The van der Waals surface area contributed by atoms with Crippen molar-refractivity contribution in [2.45, 2.75) is 58.5 Å². The smallest absolute Gasteiger partial charge is 0.249 e. The van der Waals surface area contributed by atoms with E-state index in [9.17, 15) is 9.59 Å². The predicted octanol–water partition coefficient (Wildman–Crippen LogP) is 2.82. The Bertz CT molecular complexity index is 606. The topological polar surface area (TPSA) is 54.8 Å². The molecule has 0 radical (unpaired) electrons. The summed E-state index contributed by atoms with van der Waals surface area (Å²) in [6.07, 6.45) is 7.40. The maximum atomic E-state index is 13.2. The summed E-state index contributed by atoms with van der Waals surface area (Å²) in [7, 11) is 3.52. The molecule has 1 aliphatic carbocycles. The molecule has 1 fully saturated rings. The summed E-state index contributed by atoms with van der Waals surface area (Å²) in [4.78, 5) is 29.4. The van der Waals surface area contributed by atoms with Crippen LogP contribution in [0.1, 0.15) is 51.6 Å². The molecule has 1 heterocycles. The second-order valence-corrected chi connectivity index (χ2v) is 8.03. The number of hydrogen-bond acceptors (Lipinski definition) is 3. The van der Waals surface area contributed by atoms with Gasteiger partial charge in [0, 0.05) is 38.6 Å². The van der Waals surface area contributed by atoms with Gasteiger partial charge in [-0.1, -0.05) is 33.1 Å². The summed E-state index contributed by atoms with van der Waals surface area (Å²) < 4.78 is 7.10. The first-order valence-corrected chi connectivity index (χ1v) is 10.1. The normalized spacial score (nSPS) is 15.1. The maximum absolute atomic E-state index is 13.2. The maximum Gasteiger partial charge on any atom is 0.249 e. The lowest BCUT2D eigenvalue weighted by molar-refractivity contribution is -0.146. The van der Waals surface area contributed by atoms with Crippen molar-refractivity contribution < 1.29 is 14.3 Å². The van der Waals surface area contributed by atoms with Crippen LogP contribution in [0.25, 0.3) is 0 Å². The van der Waals surface area contributed by atoms with Crippen molar-refractivity contribution in [1.82, 2.24) is 14.4 Å². The number of carbonyl (C=O) groups excluding carboxylic acids is 2. The predicted molar refractivity (Wildman–Crippen MR) is 106 cm³/mol. The SMILES string of the molecule is COCC(=O)N(CC(=O)N(Cc1cccn1C)CC(C)C)C1CCCCC1. The molecule has 0 aliphatic heterocycles. The summed E-state index contributed by atoms with van der Waals surface area (Å²) in [5, 5.41) is 0. The number of rotatable bonds is 9. The molecule has 1 aromatic heterocycles. The van der Waals surface area contributed by atoms with E-state index in [1.54, 1.807) is 4.90 Å². The van der Waals surface area contributed by atoms with Crippen molar-refractivity contribution in [3.63, 3.8) is 0 Å². The summed E-state index contributed by atoms with van der Waals surface area (Å²) in [6, 6.07) is 4.18. The third-order valence-electron chi connectivity index (χ3n) is 5.25. The fraction of sp³-hybridized carbons (Fsp3) is 0.714. The molecular weight excluding hydrogens is 342 g/mol. The van der Waals surface area contributed by atoms with E-state index in [2.05, 4.69) is 13.8 Å². The summed E-state index contributed by atoms with van der Waals surface area (Å²) in [6.45, 7) is 5.65. The van der Waals surface area contributed by atoms with E-state index < -0.39 is 0 Å². The third-order valence-corrected chi connectivity index (χ3v) is 5.25. The van der Waals surface area contributed by atoms with Crippen LogP contribution in [0.15, 0.2) is 18.3 Å². The molecule has 1 aromatic rings. The highest BCUT2D eigenvalue weighted by molar-refractivity contribution is 5.85. The number of aryl methyl sites for hydroxylation is 1. The fourth-order valence-corrected chi connectivity index (χ4v) is 3.82. The van der Waals surface area contributed by atoms with Crippen LogP contribution in [0.2, 0.25) is 0 Å². The standard InChI is InChI=1S/C21H35N3O3/c1-17(2)13-23(14-19-11-8-12-22(19)3)20(25)15-24(21(26)16-27-4)18-9-6-5-7-10-18/h8,11-12,17-18H,5-7,9-10,13-16H2,1-4H3. The van der Waals surface area contributed by atoms with Crippen molar-refractivity contribution in [2.24, 2.45) is 13.0 Å². The van der Waals surface area contributed by atoms with Gasteiger partial charge in [-0.3, -0.25) is 9.59 Å². The zero-order chi connectivity index (χ0) is 19.8. The Balaban J connectivity index is 2.12. The first-order valence-electron chi connectivity index (χ1n) is 10.1. The average Bonchev–Trinajstić information content (AvgIpc) is 3.04. The van der Waals surface area contributed by atoms with Crippen LogP contribution < -0.4 is 0 Å². The Hall–Kier alpha value is -1.82. The van der Waals surface area contributed by atoms with Gasteiger partial charge < -0.3 is 19.1 Å². The molecule has 0 spiro atoms. The van der Waals surface area contributed by atoms with Gasteiger partial charge in [-0.15, -0.1) is 0 Å². The Morgan fingerprint density at radius 1 is 1.22 bits per heavy atom. The van der Waals surface area contributed by atoms with E-state index in [-0.39, 0.29) is 31.0 Å². The third kappa shape index (κ3) is 6.38. The number of aromatic nitrogens is 1. The molecule has 2 amide bonds. The Morgan fingerprint density at radius 3 is 2.48 bits per heavy atom. The molecule has 0 saturated heterocycles. The largest absolute Gasteiger partial charge is 0.375 e. The summed E-state index contributed by atoms with van der Waals surface area (Å²) in [5.74, 6) is 0.299. The molecule has 6 heteroatoms. The molecule has 1 aliphatic rings. The van der Waals surface area contributed by atoms with Crippen LogP contribution in [0.5, 0.6) is 0 Å². The monoisotopic (exact) mass is 377 g/mol. The van der Waals surface area contributed by atoms with Crippen LogP contribution in [0.3, 0.4) is 0 Å². The minimum Gasteiger partial charge on any atom is -0.375 e. The van der Waals surface area contributed by atoms with Gasteiger partial charge in [0.15, 0.2) is 0 Å². The zero-order valence-corrected chi connectivity index (χ0v) is 17.3. The van der Waals surface area contributed by atoms with Crippen molar-refractivity contribution in [2.75, 3.05) is 26.8 Å². The van der Waals surface area contributed by atoms with Crippen molar-refractivity contribution in [1.29, 1.82) is 0 Å². The molecule has 2 rings (SSSR count). The molecule has 1 saturated carbocycles. The zero-order valence-electron chi connectivity index (χ0n) is 17.3. The van der Waals surface area contributed by atoms with E-state index in [1.165, 1.54) is 13.5 Å². The molecule has 0 unspecified atom stereocenters. The van der Waals surface area contributed by atoms with Crippen molar-refractivity contribution in [3.8, 4) is 0 Å². The highest BCUT2D eigenvalue weighted by Crippen LogP contribution is 2.23. The molecule has 6 nitrogen and oxygen atoms in total. The molecule has 0 N–H and O–H groups in total. The van der Waals surface area contributed by atoms with Crippen LogP contribution in [0.4, 0.5) is 0 Å². The van der Waals surface area contributed by atoms with E-state index >= 15 is 0 Å². The number of amides is 2. The van der Waals surface area contributed by atoms with E-state index in [0.29, 0.717) is 19.0 Å². The van der Waals surface area contributed by atoms with Crippen LogP contribution in [-0.2, 0) is 27.9 Å². The first kappa shape index (κ1) is 21.5. The van der Waals surface area contributed by atoms with Crippen LogP contribution >= 0.6 is 0 Å². The Morgan fingerprint density at radius 2 is 1.93 bits per heavy atom. The fourth-order valence-electron chi connectivity index (χ4n) is 3.82. The lowest BCUT2D eigenvalue weighted by atomic mass is 9.94. The Labute approximate surface area is 163 Å². The van der Waals surface area contributed by atoms with E-state index in [0.717, 1.165) is 31.4 Å². The molecule has 0 aromatic carbocycles. The van der Waals surface area contributed by atoms with Crippen molar-refractivity contribution >= 4 is 11.8 Å². The number of methoxy groups -OCH3 is 1. The van der Waals surface area contributed by atoms with Gasteiger partial charge in [-0.2, -0.15) is 0 Å². The number of ether oxygens (including phenoxy) is 1. The van der Waals surface area contributed by atoms with Gasteiger partial charge >= 0.3 is 0 Å². The lowest BCUT2D eigenvalue weighted by Gasteiger charge is -2.35. The lowest BCUT2D eigenvalue weighted by Crippen LogP contribution is -2.49. The van der Waals surface area contributed by atoms with Gasteiger partial charge in [-0.05, 0) is 30.9 Å². The second kappa shape index (κ2) is 10.5. The highest BCUT2D eigenvalue weighted by Gasteiger charge is 2.29. The van der Waals surface area contributed by atoms with Gasteiger partial charge in [0.1, 0.15) is 13.2 Å². The second-order valence-electron chi connectivity index (χ2n) is 8.03. The Kier molecular flexibility index (Phi) is 8.35. The van der Waals surface area contributed by atoms with Crippen LogP contribution in [-0.4, -0.2) is 59.0 Å². The number of carbonyl (C=O) groups is 2. The summed E-state index contributed by atoms with van der Waals surface area (Å²) >= 11 is 0. The minimum absolute atomic E-state index is 0.0138. The van der Waals surface area contributed by atoms with E-state index in [4.69, 9.17) is 4.74 Å². The van der Waals surface area contributed by atoms with Gasteiger partial charge in [0.2, 0.25) is 11.8 Å². The number of nitrogens with zero attached hydrogens (tertiary/aromatic N) is 3. The van der Waals surface area contributed by atoms with E-state index in [1.807, 2.05) is 34.8 Å². The number of hydrogen-bond donors (Lipinski definition) is 0. The molecule has 27 heavy (non-hydrogen) atoms. The van der Waals surface area contributed by atoms with Crippen molar-refractivity contribution in [3.05, 3.63) is 24.0 Å². The minimum atomic E-state index is -0.0823. The highest BCUT2D eigenvalue weighted by atomic mass is 16.5. The molecule has 0 bridgehead atoms. The van der Waals surface area contributed by atoms with Gasteiger partial charge in [0.25, 0.3) is 0 Å². The van der Waals surface area contributed by atoms with Crippen LogP contribution in [0, 0.1) is 5.92 Å². The molecule has 0 atom stereocenters. The first-order chi connectivity index (χ1) is 12.9.